The number of anilines is 1. The first-order chi connectivity index (χ1) is 10.6. The number of aromatic nitrogens is 3. The van der Waals surface area contributed by atoms with Crippen LogP contribution in [-0.2, 0) is 13.0 Å². The van der Waals surface area contributed by atoms with E-state index < -0.39 is 0 Å². The molecule has 0 fully saturated rings. The number of nitrogens with one attached hydrogen (secondary N) is 2. The van der Waals surface area contributed by atoms with E-state index in [9.17, 15) is 4.79 Å². The summed E-state index contributed by atoms with van der Waals surface area (Å²) in [4.78, 5) is 23.5. The summed E-state index contributed by atoms with van der Waals surface area (Å²) >= 11 is 12.2. The fourth-order valence-corrected chi connectivity index (χ4v) is 3.39. The van der Waals surface area contributed by atoms with Gasteiger partial charge in [-0.05, 0) is 29.8 Å². The molecule has 0 radical (unpaired) electrons. The Hall–Kier alpha value is -1.98. The van der Waals surface area contributed by atoms with E-state index in [1.807, 2.05) is 18.2 Å². The minimum absolute atomic E-state index is 0.234. The maximum atomic E-state index is 11.4. The quantitative estimate of drug-likeness (QED) is 0.718. The first-order valence-electron chi connectivity index (χ1n) is 6.91. The molecule has 0 atom stereocenters. The number of pyridine rings is 1. The SMILES string of the molecule is O=c1[nH]c2cc3c(nc2[nH]1)CCN(c1ccc(Cl)cc1Cl)C3. The van der Waals surface area contributed by atoms with Gasteiger partial charge in [0.2, 0.25) is 0 Å². The Morgan fingerprint density at radius 1 is 1.18 bits per heavy atom. The second kappa shape index (κ2) is 5.04. The first-order valence-corrected chi connectivity index (χ1v) is 7.66. The van der Waals surface area contributed by atoms with Gasteiger partial charge in [0.05, 0.1) is 16.2 Å². The third kappa shape index (κ3) is 2.26. The van der Waals surface area contributed by atoms with Crippen molar-refractivity contribution < 1.29 is 0 Å². The van der Waals surface area contributed by atoms with E-state index in [1.165, 1.54) is 0 Å². The van der Waals surface area contributed by atoms with Crippen LogP contribution < -0.4 is 10.6 Å². The van der Waals surface area contributed by atoms with Gasteiger partial charge in [-0.1, -0.05) is 23.2 Å². The van der Waals surface area contributed by atoms with Crippen molar-refractivity contribution in [3.63, 3.8) is 0 Å². The van der Waals surface area contributed by atoms with Crippen molar-refractivity contribution in [2.75, 3.05) is 11.4 Å². The van der Waals surface area contributed by atoms with Gasteiger partial charge in [-0.3, -0.25) is 4.98 Å². The highest BCUT2D eigenvalue weighted by Gasteiger charge is 2.20. The van der Waals surface area contributed by atoms with Crippen molar-refractivity contribution in [2.45, 2.75) is 13.0 Å². The molecule has 0 unspecified atom stereocenters. The number of imidazole rings is 1. The fraction of sp³-hybridized carbons (Fsp3) is 0.200. The Morgan fingerprint density at radius 3 is 2.86 bits per heavy atom. The van der Waals surface area contributed by atoms with Crippen molar-refractivity contribution in [1.82, 2.24) is 15.0 Å². The fourth-order valence-electron chi connectivity index (χ4n) is 2.87. The lowest BCUT2D eigenvalue weighted by atomic mass is 10.0. The summed E-state index contributed by atoms with van der Waals surface area (Å²) in [5.74, 6) is 0. The van der Waals surface area contributed by atoms with Crippen LogP contribution in [0.2, 0.25) is 10.0 Å². The van der Waals surface area contributed by atoms with E-state index in [-0.39, 0.29) is 5.69 Å². The van der Waals surface area contributed by atoms with Gasteiger partial charge in [0.1, 0.15) is 0 Å². The summed E-state index contributed by atoms with van der Waals surface area (Å²) in [5.41, 5.74) is 4.18. The van der Waals surface area contributed by atoms with Crippen molar-refractivity contribution >= 4 is 40.1 Å². The highest BCUT2D eigenvalue weighted by Crippen LogP contribution is 2.32. The minimum atomic E-state index is -0.234. The van der Waals surface area contributed by atoms with Crippen molar-refractivity contribution in [2.24, 2.45) is 0 Å². The predicted molar refractivity (Wildman–Crippen MR) is 87.9 cm³/mol. The lowest BCUT2D eigenvalue weighted by Gasteiger charge is -2.30. The third-order valence-corrected chi connectivity index (χ3v) is 4.44. The number of rotatable bonds is 1. The van der Waals surface area contributed by atoms with Gasteiger partial charge in [-0.25, -0.2) is 9.78 Å². The molecule has 3 aromatic rings. The van der Waals surface area contributed by atoms with Crippen LogP contribution in [0.1, 0.15) is 11.3 Å². The minimum Gasteiger partial charge on any atom is -0.366 e. The summed E-state index contributed by atoms with van der Waals surface area (Å²) in [6.45, 7) is 1.52. The smallest absolute Gasteiger partial charge is 0.325 e. The Morgan fingerprint density at radius 2 is 2.05 bits per heavy atom. The van der Waals surface area contributed by atoms with E-state index in [2.05, 4.69) is 19.9 Å². The van der Waals surface area contributed by atoms with Crippen LogP contribution in [0.25, 0.3) is 11.2 Å². The highest BCUT2D eigenvalue weighted by molar-refractivity contribution is 6.36. The molecule has 2 aromatic heterocycles. The number of halogens is 2. The number of fused-ring (bicyclic) bond motifs is 2. The molecule has 0 saturated heterocycles. The standard InChI is InChI=1S/C15H12Cl2N4O/c16-9-1-2-13(10(17)6-9)21-4-3-11-8(7-21)5-12-14(18-11)20-15(22)19-12/h1-2,5-6H,3-4,7H2,(H2,18,19,20,22). The number of hydrogen-bond acceptors (Lipinski definition) is 3. The van der Waals surface area contributed by atoms with Crippen LogP contribution in [0.3, 0.4) is 0 Å². The normalized spacial score (nSPS) is 14.4. The predicted octanol–water partition coefficient (Wildman–Crippen LogP) is 3.12. The van der Waals surface area contributed by atoms with Crippen LogP contribution in [0.5, 0.6) is 0 Å². The van der Waals surface area contributed by atoms with Crippen molar-refractivity contribution in [1.29, 1.82) is 0 Å². The summed E-state index contributed by atoms with van der Waals surface area (Å²) in [6, 6.07) is 7.49. The number of nitrogens with zero attached hydrogens (tertiary/aromatic N) is 2. The van der Waals surface area contributed by atoms with E-state index in [0.29, 0.717) is 22.2 Å². The second-order valence-electron chi connectivity index (χ2n) is 5.34. The van der Waals surface area contributed by atoms with Gasteiger partial charge in [0, 0.05) is 30.2 Å². The molecular formula is C15H12Cl2N4O. The summed E-state index contributed by atoms with van der Waals surface area (Å²) < 4.78 is 0. The summed E-state index contributed by atoms with van der Waals surface area (Å²) in [6.07, 6.45) is 0.803. The van der Waals surface area contributed by atoms with Crippen LogP contribution in [-0.4, -0.2) is 21.5 Å². The molecule has 0 aliphatic carbocycles. The van der Waals surface area contributed by atoms with Gasteiger partial charge in [0.25, 0.3) is 0 Å². The molecular weight excluding hydrogens is 323 g/mol. The van der Waals surface area contributed by atoms with Crippen LogP contribution in [0, 0.1) is 0 Å². The zero-order chi connectivity index (χ0) is 15.3. The third-order valence-electron chi connectivity index (χ3n) is 3.90. The van der Waals surface area contributed by atoms with Crippen LogP contribution in [0.15, 0.2) is 29.1 Å². The molecule has 22 heavy (non-hydrogen) atoms. The Bertz CT molecular complexity index is 931. The number of H-pyrrole nitrogens is 2. The Labute approximate surface area is 135 Å². The number of aromatic amines is 2. The van der Waals surface area contributed by atoms with E-state index in [1.54, 1.807) is 6.07 Å². The molecule has 4 rings (SSSR count). The topological polar surface area (TPSA) is 64.8 Å². The largest absolute Gasteiger partial charge is 0.366 e. The van der Waals surface area contributed by atoms with Crippen molar-refractivity contribution in [3.8, 4) is 0 Å². The van der Waals surface area contributed by atoms with Crippen molar-refractivity contribution in [3.05, 3.63) is 56.1 Å². The number of hydrogen-bond donors (Lipinski definition) is 2. The summed E-state index contributed by atoms with van der Waals surface area (Å²) in [7, 11) is 0. The molecule has 0 amide bonds. The molecule has 1 aromatic carbocycles. The molecule has 0 spiro atoms. The van der Waals surface area contributed by atoms with Gasteiger partial charge in [-0.2, -0.15) is 0 Å². The zero-order valence-corrected chi connectivity index (χ0v) is 13.0. The Kier molecular flexibility index (Phi) is 3.13. The lowest BCUT2D eigenvalue weighted by molar-refractivity contribution is 0.716. The molecule has 112 valence electrons. The average molecular weight is 335 g/mol. The van der Waals surface area contributed by atoms with Gasteiger partial charge in [-0.15, -0.1) is 0 Å². The Balaban J connectivity index is 1.73. The van der Waals surface area contributed by atoms with E-state index in [4.69, 9.17) is 23.2 Å². The molecule has 0 saturated carbocycles. The van der Waals surface area contributed by atoms with Gasteiger partial charge >= 0.3 is 5.69 Å². The van der Waals surface area contributed by atoms with Gasteiger partial charge < -0.3 is 9.88 Å². The molecule has 1 aliphatic heterocycles. The molecule has 5 nitrogen and oxygen atoms in total. The molecule has 7 heteroatoms. The highest BCUT2D eigenvalue weighted by atomic mass is 35.5. The van der Waals surface area contributed by atoms with Gasteiger partial charge in [0.15, 0.2) is 5.65 Å². The molecule has 2 N–H and O–H groups in total. The lowest BCUT2D eigenvalue weighted by Crippen LogP contribution is -2.31. The van der Waals surface area contributed by atoms with Crippen LogP contribution >= 0.6 is 23.2 Å². The second-order valence-corrected chi connectivity index (χ2v) is 6.18. The van der Waals surface area contributed by atoms with E-state index >= 15 is 0 Å². The monoisotopic (exact) mass is 334 g/mol. The molecule has 3 heterocycles. The first kappa shape index (κ1) is 13.7. The molecule has 0 bridgehead atoms. The maximum Gasteiger partial charge on any atom is 0.325 e. The number of benzene rings is 1. The maximum absolute atomic E-state index is 11.4. The summed E-state index contributed by atoms with van der Waals surface area (Å²) in [5, 5.41) is 1.26. The van der Waals surface area contributed by atoms with Crippen LogP contribution in [0.4, 0.5) is 5.69 Å². The van der Waals surface area contributed by atoms with E-state index in [0.717, 1.165) is 35.4 Å². The zero-order valence-electron chi connectivity index (χ0n) is 11.5. The molecule has 1 aliphatic rings. The average Bonchev–Trinajstić information content (AvgIpc) is 2.83.